The summed E-state index contributed by atoms with van der Waals surface area (Å²) in [4.78, 5) is 0. The fourth-order valence-electron chi connectivity index (χ4n) is 5.01. The number of halogens is 4. The molecule has 5 aromatic carbocycles. The van der Waals surface area contributed by atoms with Crippen LogP contribution in [0.25, 0.3) is 0 Å². The van der Waals surface area contributed by atoms with Crippen LogP contribution in [0.3, 0.4) is 0 Å². The van der Waals surface area contributed by atoms with Crippen molar-refractivity contribution in [2.45, 2.75) is 11.8 Å². The van der Waals surface area contributed by atoms with E-state index in [9.17, 15) is 13.2 Å². The molecule has 0 saturated carbocycles. The molecule has 0 radical (unpaired) electrons. The number of alkyl halides is 3. The van der Waals surface area contributed by atoms with Gasteiger partial charge in [-0.25, -0.2) is 0 Å². The lowest BCUT2D eigenvalue weighted by molar-refractivity contribution is -0.137. The van der Waals surface area contributed by atoms with Crippen molar-refractivity contribution in [1.82, 2.24) is 0 Å². The smallest absolute Gasteiger partial charge is 0.416 e. The SMILES string of the molecule is FC(F)(F)c1ccc(C(c2ccccc2)[P+](c2ccccc2)(c2ccccc2)c2ccccc2)cc1.[Br-]. The van der Waals surface area contributed by atoms with E-state index in [1.165, 1.54) is 28.0 Å². The Bertz CT molecular complexity index is 1290. The average molecular weight is 577 g/mol. The first-order valence-electron chi connectivity index (χ1n) is 11.8. The molecule has 0 amide bonds. The van der Waals surface area contributed by atoms with E-state index < -0.39 is 19.0 Å². The third-order valence-corrected chi connectivity index (χ3v) is 11.3. The first-order valence-corrected chi connectivity index (χ1v) is 13.6. The van der Waals surface area contributed by atoms with Crippen molar-refractivity contribution < 1.29 is 30.2 Å². The van der Waals surface area contributed by atoms with Crippen LogP contribution in [-0.4, -0.2) is 0 Å². The molecule has 5 rings (SSSR count). The van der Waals surface area contributed by atoms with Crippen LogP contribution in [0.15, 0.2) is 146 Å². The van der Waals surface area contributed by atoms with Crippen LogP contribution in [0.1, 0.15) is 22.3 Å². The molecule has 1 unspecified atom stereocenters. The molecule has 0 nitrogen and oxygen atoms in total. The van der Waals surface area contributed by atoms with Crippen LogP contribution in [-0.2, 0) is 6.18 Å². The number of hydrogen-bond donors (Lipinski definition) is 0. The van der Waals surface area contributed by atoms with Crippen molar-refractivity contribution in [3.8, 4) is 0 Å². The minimum atomic E-state index is -4.38. The van der Waals surface area contributed by atoms with Gasteiger partial charge in [0.25, 0.3) is 0 Å². The Labute approximate surface area is 226 Å². The highest BCUT2D eigenvalue weighted by Crippen LogP contribution is 2.68. The fourth-order valence-corrected chi connectivity index (χ4v) is 9.97. The lowest BCUT2D eigenvalue weighted by Crippen LogP contribution is -3.00. The molecule has 0 aliphatic rings. The van der Waals surface area contributed by atoms with E-state index in [0.717, 1.165) is 11.1 Å². The number of rotatable bonds is 6. The van der Waals surface area contributed by atoms with Gasteiger partial charge in [-0.05, 0) is 59.7 Å². The second-order valence-electron chi connectivity index (χ2n) is 8.66. The molecule has 0 heterocycles. The summed E-state index contributed by atoms with van der Waals surface area (Å²) >= 11 is 0. The van der Waals surface area contributed by atoms with Gasteiger partial charge in [0.2, 0.25) is 0 Å². The van der Waals surface area contributed by atoms with E-state index in [2.05, 4.69) is 48.5 Å². The fraction of sp³-hybridized carbons (Fsp3) is 0.0625. The summed E-state index contributed by atoms with van der Waals surface area (Å²) < 4.78 is 40.4. The lowest BCUT2D eigenvalue weighted by Gasteiger charge is -2.35. The number of benzene rings is 5. The van der Waals surface area contributed by atoms with Gasteiger partial charge in [-0.15, -0.1) is 0 Å². The second-order valence-corrected chi connectivity index (χ2v) is 12.2. The van der Waals surface area contributed by atoms with Crippen LogP contribution in [0, 0.1) is 0 Å². The van der Waals surface area contributed by atoms with E-state index in [1.54, 1.807) is 12.1 Å². The molecule has 0 N–H and O–H groups in total. The van der Waals surface area contributed by atoms with E-state index in [4.69, 9.17) is 0 Å². The Morgan fingerprint density at radius 3 is 1.11 bits per heavy atom. The lowest BCUT2D eigenvalue weighted by atomic mass is 10.0. The monoisotopic (exact) mass is 576 g/mol. The van der Waals surface area contributed by atoms with Crippen molar-refractivity contribution in [1.29, 1.82) is 0 Å². The normalized spacial score (nSPS) is 12.4. The highest BCUT2D eigenvalue weighted by atomic mass is 79.9. The zero-order chi connectivity index (χ0) is 25.0. The second kappa shape index (κ2) is 11.5. The van der Waals surface area contributed by atoms with Crippen LogP contribution >= 0.6 is 7.26 Å². The molecule has 0 fully saturated rings. The van der Waals surface area contributed by atoms with Crippen LogP contribution in [0.5, 0.6) is 0 Å². The minimum Gasteiger partial charge on any atom is -1.00 e. The summed E-state index contributed by atoms with van der Waals surface area (Å²) in [6.07, 6.45) is -4.38. The van der Waals surface area contributed by atoms with Gasteiger partial charge >= 0.3 is 6.18 Å². The Kier molecular flexibility index (Phi) is 8.32. The first kappa shape index (κ1) is 26.9. The summed E-state index contributed by atoms with van der Waals surface area (Å²) in [5.41, 5.74) is 1.11. The zero-order valence-corrected chi connectivity index (χ0v) is 22.4. The Hall–Kier alpha value is -3.20. The van der Waals surface area contributed by atoms with E-state index in [1.807, 2.05) is 72.8 Å². The van der Waals surface area contributed by atoms with Gasteiger partial charge in [0, 0.05) is 0 Å². The van der Waals surface area contributed by atoms with Crippen molar-refractivity contribution in [3.05, 3.63) is 162 Å². The molecule has 0 spiro atoms. The predicted octanol–water partition coefficient (Wildman–Crippen LogP) is 4.79. The molecule has 37 heavy (non-hydrogen) atoms. The number of hydrogen-bond acceptors (Lipinski definition) is 0. The van der Waals surface area contributed by atoms with Gasteiger partial charge in [-0.3, -0.25) is 0 Å². The largest absolute Gasteiger partial charge is 1.00 e. The molecule has 5 heteroatoms. The standard InChI is InChI=1S/C32H25F3P.BrH/c33-32(34,35)27-23-21-26(22-24-27)31(25-13-5-1-6-14-25)36(28-15-7-2-8-16-28,29-17-9-3-10-18-29)30-19-11-4-12-20-30;/h1-24,31H;1H/q+1;/p-1. The molecule has 0 aliphatic carbocycles. The molecule has 186 valence electrons. The van der Waals surface area contributed by atoms with Gasteiger partial charge in [-0.2, -0.15) is 13.2 Å². The summed E-state index contributed by atoms with van der Waals surface area (Å²) in [5.74, 6) is 0. The van der Waals surface area contributed by atoms with Gasteiger partial charge in [-0.1, -0.05) is 97.1 Å². The highest BCUT2D eigenvalue weighted by molar-refractivity contribution is 7.96. The van der Waals surface area contributed by atoms with Gasteiger partial charge in [0.15, 0.2) is 0 Å². The predicted molar refractivity (Wildman–Crippen MR) is 145 cm³/mol. The summed E-state index contributed by atoms with van der Waals surface area (Å²) in [6.45, 7) is 0. The Balaban J connectivity index is 0.00000320. The molecule has 0 aromatic heterocycles. The topological polar surface area (TPSA) is 0 Å². The van der Waals surface area contributed by atoms with Crippen LogP contribution in [0.2, 0.25) is 0 Å². The minimum absolute atomic E-state index is 0. The van der Waals surface area contributed by atoms with Gasteiger partial charge in [0.05, 0.1) is 5.56 Å². The average Bonchev–Trinajstić information content (AvgIpc) is 2.93. The van der Waals surface area contributed by atoms with Crippen LogP contribution in [0.4, 0.5) is 13.2 Å². The zero-order valence-electron chi connectivity index (χ0n) is 19.9. The van der Waals surface area contributed by atoms with Crippen molar-refractivity contribution in [3.63, 3.8) is 0 Å². The van der Waals surface area contributed by atoms with E-state index >= 15 is 0 Å². The van der Waals surface area contributed by atoms with Crippen molar-refractivity contribution >= 4 is 23.2 Å². The maximum Gasteiger partial charge on any atom is 0.416 e. The molecular weight excluding hydrogens is 552 g/mol. The summed E-state index contributed by atoms with van der Waals surface area (Å²) in [5, 5.41) is 3.53. The third-order valence-electron chi connectivity index (χ3n) is 6.55. The Morgan fingerprint density at radius 1 is 0.432 bits per heavy atom. The van der Waals surface area contributed by atoms with Crippen LogP contribution < -0.4 is 32.9 Å². The highest BCUT2D eigenvalue weighted by Gasteiger charge is 2.53. The van der Waals surface area contributed by atoms with Crippen molar-refractivity contribution in [2.75, 3.05) is 0 Å². The van der Waals surface area contributed by atoms with Crippen molar-refractivity contribution in [2.24, 2.45) is 0 Å². The summed E-state index contributed by atoms with van der Waals surface area (Å²) in [7, 11) is -2.44. The van der Waals surface area contributed by atoms with E-state index in [-0.39, 0.29) is 22.6 Å². The Morgan fingerprint density at radius 2 is 0.757 bits per heavy atom. The quantitative estimate of drug-likeness (QED) is 0.255. The molecular formula is C32H25BrF3P. The maximum atomic E-state index is 13.5. The first-order chi connectivity index (χ1) is 17.5. The molecule has 0 saturated heterocycles. The molecule has 0 aliphatic heterocycles. The molecule has 5 aromatic rings. The third kappa shape index (κ3) is 5.28. The van der Waals surface area contributed by atoms with E-state index in [0.29, 0.717) is 0 Å². The molecule has 1 atom stereocenters. The summed E-state index contributed by atoms with van der Waals surface area (Å²) in [6, 6.07) is 47.1. The van der Waals surface area contributed by atoms with Gasteiger partial charge in [0.1, 0.15) is 28.8 Å². The maximum absolute atomic E-state index is 13.5. The molecule has 0 bridgehead atoms. The van der Waals surface area contributed by atoms with Gasteiger partial charge < -0.3 is 17.0 Å².